The van der Waals surface area contributed by atoms with Crippen LogP contribution >= 0.6 is 11.6 Å². The Labute approximate surface area is 205 Å². The molecule has 4 heterocycles. The Morgan fingerprint density at radius 1 is 1.06 bits per heavy atom. The maximum atomic E-state index is 14.4. The minimum absolute atomic E-state index is 0.0112. The molecule has 0 spiro atoms. The summed E-state index contributed by atoms with van der Waals surface area (Å²) in [5.74, 6) is 1.19. The van der Waals surface area contributed by atoms with Crippen LogP contribution in [0, 0.1) is 12.7 Å². The van der Waals surface area contributed by atoms with Gasteiger partial charge in [-0.25, -0.2) is 9.37 Å². The summed E-state index contributed by atoms with van der Waals surface area (Å²) in [5.41, 5.74) is 2.19. The third kappa shape index (κ3) is 4.61. The summed E-state index contributed by atoms with van der Waals surface area (Å²) < 4.78 is 57.0. The van der Waals surface area contributed by atoms with Crippen molar-refractivity contribution in [1.29, 1.82) is 0 Å². The molecule has 35 heavy (non-hydrogen) atoms. The summed E-state index contributed by atoms with van der Waals surface area (Å²) in [5, 5.41) is 9.21. The normalized spacial score (nSPS) is 18.2. The molecular formula is C24H25ClF4N6. The van der Waals surface area contributed by atoms with Crippen LogP contribution in [0.25, 0.3) is 5.69 Å². The van der Waals surface area contributed by atoms with Gasteiger partial charge in [0.1, 0.15) is 11.9 Å². The molecule has 2 aliphatic rings. The second-order valence-corrected chi connectivity index (χ2v) is 9.66. The van der Waals surface area contributed by atoms with Crippen LogP contribution in [-0.4, -0.2) is 50.0 Å². The molecule has 11 heteroatoms. The maximum Gasteiger partial charge on any atom is 0.403 e. The number of halogens is 5. The topological polar surface area (TPSA) is 50.1 Å². The SMILES string of the molecule is Cc1ccc(F)c(N2CCC(c3nnc4n3-c3ccc(Cl)cc3CN(C(C)C(F)(F)F)C4)CC2)n1. The zero-order valence-electron chi connectivity index (χ0n) is 19.4. The first-order valence-electron chi connectivity index (χ1n) is 11.5. The summed E-state index contributed by atoms with van der Waals surface area (Å²) in [6.45, 7) is 4.27. The average Bonchev–Trinajstić information content (AvgIpc) is 3.15. The van der Waals surface area contributed by atoms with Crippen LogP contribution in [0.2, 0.25) is 5.02 Å². The minimum Gasteiger partial charge on any atom is -0.354 e. The molecule has 0 radical (unpaired) electrons. The molecule has 186 valence electrons. The molecule has 0 amide bonds. The van der Waals surface area contributed by atoms with E-state index in [1.807, 2.05) is 22.5 Å². The van der Waals surface area contributed by atoms with Gasteiger partial charge in [-0.3, -0.25) is 9.47 Å². The highest BCUT2D eigenvalue weighted by Gasteiger charge is 2.42. The molecule has 1 fully saturated rings. The summed E-state index contributed by atoms with van der Waals surface area (Å²) in [7, 11) is 0. The van der Waals surface area contributed by atoms with Crippen molar-refractivity contribution in [3.8, 4) is 5.69 Å². The van der Waals surface area contributed by atoms with E-state index in [0.29, 0.717) is 54.0 Å². The number of pyridine rings is 1. The molecule has 2 aromatic heterocycles. The molecule has 0 saturated carbocycles. The number of rotatable bonds is 3. The monoisotopic (exact) mass is 508 g/mol. The third-order valence-corrected chi connectivity index (χ3v) is 7.14. The molecule has 6 nitrogen and oxygen atoms in total. The van der Waals surface area contributed by atoms with Crippen molar-refractivity contribution in [3.05, 3.63) is 64.1 Å². The Kier molecular flexibility index (Phi) is 6.21. The highest BCUT2D eigenvalue weighted by molar-refractivity contribution is 6.30. The van der Waals surface area contributed by atoms with E-state index in [1.165, 1.54) is 11.0 Å². The lowest BCUT2D eigenvalue weighted by molar-refractivity contribution is -0.182. The fourth-order valence-electron chi connectivity index (χ4n) is 4.89. The smallest absolute Gasteiger partial charge is 0.354 e. The predicted molar refractivity (Wildman–Crippen MR) is 124 cm³/mol. The molecule has 1 unspecified atom stereocenters. The van der Waals surface area contributed by atoms with Gasteiger partial charge in [-0.1, -0.05) is 11.6 Å². The van der Waals surface area contributed by atoms with E-state index in [-0.39, 0.29) is 24.8 Å². The summed E-state index contributed by atoms with van der Waals surface area (Å²) in [4.78, 5) is 7.64. The van der Waals surface area contributed by atoms with Crippen LogP contribution in [0.5, 0.6) is 0 Å². The van der Waals surface area contributed by atoms with Gasteiger partial charge in [-0.05, 0) is 62.6 Å². The number of hydrogen-bond acceptors (Lipinski definition) is 5. The van der Waals surface area contributed by atoms with Crippen LogP contribution in [-0.2, 0) is 13.1 Å². The van der Waals surface area contributed by atoms with Crippen molar-refractivity contribution >= 4 is 17.4 Å². The van der Waals surface area contributed by atoms with E-state index in [1.54, 1.807) is 18.2 Å². The first-order valence-corrected chi connectivity index (χ1v) is 11.9. The van der Waals surface area contributed by atoms with Gasteiger partial charge in [0, 0.05) is 36.3 Å². The van der Waals surface area contributed by atoms with Crippen molar-refractivity contribution in [2.45, 2.75) is 57.9 Å². The van der Waals surface area contributed by atoms with E-state index >= 15 is 0 Å². The van der Waals surface area contributed by atoms with Gasteiger partial charge in [-0.15, -0.1) is 10.2 Å². The van der Waals surface area contributed by atoms with Crippen molar-refractivity contribution < 1.29 is 17.6 Å². The Bertz CT molecular complexity index is 1240. The van der Waals surface area contributed by atoms with Crippen LogP contribution in [0.15, 0.2) is 30.3 Å². The number of anilines is 1. The van der Waals surface area contributed by atoms with E-state index < -0.39 is 12.2 Å². The fraction of sp³-hybridized carbons (Fsp3) is 0.458. The second kappa shape index (κ2) is 9.05. The molecule has 1 aromatic carbocycles. The number of nitrogens with zero attached hydrogens (tertiary/aromatic N) is 6. The van der Waals surface area contributed by atoms with Gasteiger partial charge >= 0.3 is 6.18 Å². The van der Waals surface area contributed by atoms with Crippen molar-refractivity contribution in [2.24, 2.45) is 0 Å². The zero-order chi connectivity index (χ0) is 24.9. The van der Waals surface area contributed by atoms with E-state index in [4.69, 9.17) is 11.6 Å². The number of aryl methyl sites for hydroxylation is 1. The molecule has 2 aliphatic heterocycles. The van der Waals surface area contributed by atoms with E-state index in [9.17, 15) is 17.6 Å². The van der Waals surface area contributed by atoms with Gasteiger partial charge in [0.2, 0.25) is 0 Å². The lowest BCUT2D eigenvalue weighted by atomic mass is 9.95. The molecule has 5 rings (SSSR count). The average molecular weight is 509 g/mol. The van der Waals surface area contributed by atoms with Gasteiger partial charge < -0.3 is 4.90 Å². The highest BCUT2D eigenvalue weighted by Crippen LogP contribution is 2.36. The summed E-state index contributed by atoms with van der Waals surface area (Å²) in [6.07, 6.45) is -2.99. The maximum absolute atomic E-state index is 14.4. The van der Waals surface area contributed by atoms with Gasteiger partial charge in [0.05, 0.1) is 12.2 Å². The Balaban J connectivity index is 1.46. The lowest BCUT2D eigenvalue weighted by Gasteiger charge is -2.32. The zero-order valence-corrected chi connectivity index (χ0v) is 20.1. The number of aromatic nitrogens is 4. The molecule has 1 saturated heterocycles. The van der Waals surface area contributed by atoms with E-state index in [2.05, 4.69) is 15.2 Å². The lowest BCUT2D eigenvalue weighted by Crippen LogP contribution is -2.42. The van der Waals surface area contributed by atoms with Crippen molar-refractivity contribution in [1.82, 2.24) is 24.6 Å². The Morgan fingerprint density at radius 3 is 2.51 bits per heavy atom. The molecule has 3 aromatic rings. The molecule has 0 N–H and O–H groups in total. The quantitative estimate of drug-likeness (QED) is 0.443. The van der Waals surface area contributed by atoms with E-state index in [0.717, 1.165) is 18.3 Å². The highest BCUT2D eigenvalue weighted by atomic mass is 35.5. The van der Waals surface area contributed by atoms with Crippen LogP contribution in [0.3, 0.4) is 0 Å². The fourth-order valence-corrected chi connectivity index (χ4v) is 5.09. The standard InChI is InChI=1S/C24H25ClF4N6/c1-14-3-5-19(26)23(30-14)33-9-7-16(8-10-33)22-32-31-21-13-34(15(2)24(27,28)29)12-17-11-18(25)4-6-20(17)35(21)22/h3-6,11,15-16H,7-10,12-13H2,1-2H3. The molecular weight excluding hydrogens is 484 g/mol. The second-order valence-electron chi connectivity index (χ2n) is 9.22. The van der Waals surface area contributed by atoms with Crippen molar-refractivity contribution in [2.75, 3.05) is 18.0 Å². The van der Waals surface area contributed by atoms with Gasteiger partial charge in [-0.2, -0.15) is 13.2 Å². The Morgan fingerprint density at radius 2 is 1.80 bits per heavy atom. The number of piperidine rings is 1. The molecule has 0 aliphatic carbocycles. The summed E-state index contributed by atoms with van der Waals surface area (Å²) >= 11 is 6.21. The number of alkyl halides is 3. The third-order valence-electron chi connectivity index (χ3n) is 6.90. The number of benzene rings is 1. The van der Waals surface area contributed by atoms with Crippen LogP contribution in [0.4, 0.5) is 23.4 Å². The van der Waals surface area contributed by atoms with Gasteiger partial charge in [0.15, 0.2) is 17.5 Å². The largest absolute Gasteiger partial charge is 0.403 e. The number of hydrogen-bond donors (Lipinski definition) is 0. The molecule has 1 atom stereocenters. The van der Waals surface area contributed by atoms with Crippen LogP contribution in [0.1, 0.15) is 48.6 Å². The predicted octanol–water partition coefficient (Wildman–Crippen LogP) is 5.41. The van der Waals surface area contributed by atoms with Crippen LogP contribution < -0.4 is 4.90 Å². The molecule has 0 bridgehead atoms. The van der Waals surface area contributed by atoms with Crippen molar-refractivity contribution in [3.63, 3.8) is 0 Å². The first-order chi connectivity index (χ1) is 16.6. The first kappa shape index (κ1) is 24.0. The number of fused-ring (bicyclic) bond motifs is 3. The Hall–Kier alpha value is -2.72. The minimum atomic E-state index is -4.37. The van der Waals surface area contributed by atoms with Gasteiger partial charge in [0.25, 0.3) is 0 Å². The summed E-state index contributed by atoms with van der Waals surface area (Å²) in [6, 6.07) is 6.67.